The molecule has 0 amide bonds. The monoisotopic (exact) mass is 282 g/mol. The first kappa shape index (κ1) is 14.1. The van der Waals surface area contributed by atoms with E-state index < -0.39 is 0 Å². The maximum Gasteiger partial charge on any atom is 0.127 e. The molecule has 1 radical (unpaired) electrons. The summed E-state index contributed by atoms with van der Waals surface area (Å²) in [6, 6.07) is 19.6. The zero-order valence-electron chi connectivity index (χ0n) is 12.1. The molecule has 3 heteroatoms. The van der Waals surface area contributed by atoms with E-state index in [-0.39, 0.29) is 0 Å². The van der Waals surface area contributed by atoms with Gasteiger partial charge in [0.15, 0.2) is 0 Å². The second-order valence-corrected chi connectivity index (χ2v) is 5.11. The minimum absolute atomic E-state index is 0.696. The van der Waals surface area contributed by atoms with Gasteiger partial charge in [0.25, 0.3) is 0 Å². The largest absolute Gasteiger partial charge is 0.492 e. The van der Waals surface area contributed by atoms with Crippen LogP contribution in [0.25, 0.3) is 11.1 Å². The summed E-state index contributed by atoms with van der Waals surface area (Å²) in [5.41, 5.74) is 2.37. The van der Waals surface area contributed by atoms with Gasteiger partial charge in [-0.2, -0.15) is 0 Å². The van der Waals surface area contributed by atoms with E-state index >= 15 is 0 Å². The lowest BCUT2D eigenvalue weighted by molar-refractivity contribution is 0.0322. The molecule has 2 aromatic carbocycles. The number of nitrogens with zero attached hydrogens (tertiary/aromatic N) is 1. The number of benzene rings is 2. The van der Waals surface area contributed by atoms with Crippen LogP contribution in [0.2, 0.25) is 0 Å². The van der Waals surface area contributed by atoms with E-state index in [4.69, 9.17) is 9.47 Å². The summed E-state index contributed by atoms with van der Waals surface area (Å²) in [6.07, 6.45) is 0. The molecule has 0 unspecified atom stereocenters. The van der Waals surface area contributed by atoms with Crippen molar-refractivity contribution < 1.29 is 9.47 Å². The van der Waals surface area contributed by atoms with Crippen LogP contribution in [0.3, 0.4) is 0 Å². The van der Waals surface area contributed by atoms with Gasteiger partial charge in [-0.3, -0.25) is 4.90 Å². The molecule has 0 atom stereocenters. The number of morpholine rings is 1. The molecule has 3 rings (SSSR count). The standard InChI is InChI=1S/C18H20NO2/c1-2-4-16(5-3-1)17-6-8-18(9-7-17)21-15-12-19-10-13-20-14-11-19/h1-8H,10-15H2. The van der Waals surface area contributed by atoms with Gasteiger partial charge >= 0.3 is 0 Å². The Kier molecular flexibility index (Phi) is 4.87. The van der Waals surface area contributed by atoms with E-state index in [0.29, 0.717) is 6.61 Å². The van der Waals surface area contributed by atoms with Crippen molar-refractivity contribution in [2.75, 3.05) is 39.5 Å². The van der Waals surface area contributed by atoms with Crippen LogP contribution in [0.1, 0.15) is 0 Å². The average molecular weight is 282 g/mol. The highest BCUT2D eigenvalue weighted by Gasteiger charge is 2.09. The summed E-state index contributed by atoms with van der Waals surface area (Å²) in [5.74, 6) is 0.808. The van der Waals surface area contributed by atoms with E-state index in [0.717, 1.165) is 44.2 Å². The zero-order valence-corrected chi connectivity index (χ0v) is 12.1. The van der Waals surface area contributed by atoms with E-state index in [2.05, 4.69) is 29.2 Å². The van der Waals surface area contributed by atoms with Gasteiger partial charge in [-0.05, 0) is 23.3 Å². The highest BCUT2D eigenvalue weighted by molar-refractivity contribution is 5.63. The third kappa shape index (κ3) is 4.06. The summed E-state index contributed by atoms with van der Waals surface area (Å²) in [7, 11) is 0. The van der Waals surface area contributed by atoms with Gasteiger partial charge in [-0.25, -0.2) is 0 Å². The van der Waals surface area contributed by atoms with E-state index in [1.807, 2.05) is 30.3 Å². The lowest BCUT2D eigenvalue weighted by atomic mass is 10.1. The van der Waals surface area contributed by atoms with Crippen LogP contribution in [-0.2, 0) is 4.74 Å². The van der Waals surface area contributed by atoms with Crippen LogP contribution in [-0.4, -0.2) is 44.4 Å². The zero-order chi connectivity index (χ0) is 14.3. The fraction of sp³-hybridized carbons (Fsp3) is 0.333. The van der Waals surface area contributed by atoms with Crippen molar-refractivity contribution in [3.05, 3.63) is 54.6 Å². The average Bonchev–Trinajstić information content (AvgIpc) is 2.57. The molecule has 0 aliphatic carbocycles. The summed E-state index contributed by atoms with van der Waals surface area (Å²) < 4.78 is 11.1. The molecular weight excluding hydrogens is 262 g/mol. The second-order valence-electron chi connectivity index (χ2n) is 5.11. The molecule has 3 nitrogen and oxygen atoms in total. The highest BCUT2D eigenvalue weighted by Crippen LogP contribution is 2.21. The first-order valence-corrected chi connectivity index (χ1v) is 7.42. The van der Waals surface area contributed by atoms with Gasteiger partial charge in [0.1, 0.15) is 12.4 Å². The summed E-state index contributed by atoms with van der Waals surface area (Å²) >= 11 is 0. The minimum Gasteiger partial charge on any atom is -0.492 e. The van der Waals surface area contributed by atoms with Crippen LogP contribution < -0.4 is 4.74 Å². The maximum atomic E-state index is 5.76. The molecule has 0 saturated carbocycles. The van der Waals surface area contributed by atoms with Crippen molar-refractivity contribution in [3.8, 4) is 16.9 Å². The Bertz CT molecular complexity index is 533. The lowest BCUT2D eigenvalue weighted by Gasteiger charge is -2.26. The Morgan fingerprint density at radius 3 is 2.52 bits per heavy atom. The second kappa shape index (κ2) is 7.25. The van der Waals surface area contributed by atoms with Gasteiger partial charge in [0.05, 0.1) is 13.2 Å². The molecule has 1 aliphatic heterocycles. The lowest BCUT2D eigenvalue weighted by Crippen LogP contribution is -2.38. The Hall–Kier alpha value is -1.84. The van der Waals surface area contributed by atoms with Crippen molar-refractivity contribution in [2.24, 2.45) is 0 Å². The predicted octanol–water partition coefficient (Wildman–Crippen LogP) is 2.86. The molecule has 0 bridgehead atoms. The van der Waals surface area contributed by atoms with Gasteiger partial charge in [0, 0.05) is 25.7 Å². The van der Waals surface area contributed by atoms with E-state index in [1.165, 1.54) is 5.56 Å². The fourth-order valence-electron chi connectivity index (χ4n) is 2.42. The molecule has 109 valence electrons. The van der Waals surface area contributed by atoms with E-state index in [9.17, 15) is 0 Å². The van der Waals surface area contributed by atoms with Crippen molar-refractivity contribution in [3.63, 3.8) is 0 Å². The van der Waals surface area contributed by atoms with Gasteiger partial charge in [0.2, 0.25) is 0 Å². The molecule has 1 aliphatic rings. The predicted molar refractivity (Wildman–Crippen MR) is 83.5 cm³/mol. The third-order valence-electron chi connectivity index (χ3n) is 3.66. The van der Waals surface area contributed by atoms with Crippen LogP contribution in [0.5, 0.6) is 5.75 Å². The number of rotatable bonds is 5. The topological polar surface area (TPSA) is 21.7 Å². The molecule has 0 aromatic heterocycles. The SMILES string of the molecule is [c]1cc(-c2ccccc2)ccc1OCCN1CCOCC1. The summed E-state index contributed by atoms with van der Waals surface area (Å²) in [6.45, 7) is 5.30. The first-order chi connectivity index (χ1) is 10.4. The normalized spacial score (nSPS) is 15.8. The van der Waals surface area contributed by atoms with Gasteiger partial charge < -0.3 is 9.47 Å². The van der Waals surface area contributed by atoms with Crippen LogP contribution >= 0.6 is 0 Å². The highest BCUT2D eigenvalue weighted by atomic mass is 16.5. The number of hydrogen-bond acceptors (Lipinski definition) is 3. The number of ether oxygens (including phenoxy) is 2. The molecule has 21 heavy (non-hydrogen) atoms. The van der Waals surface area contributed by atoms with Crippen LogP contribution in [0.4, 0.5) is 0 Å². The van der Waals surface area contributed by atoms with Gasteiger partial charge in [-0.15, -0.1) is 0 Å². The smallest absolute Gasteiger partial charge is 0.127 e. The maximum absolute atomic E-state index is 5.76. The Morgan fingerprint density at radius 1 is 1.00 bits per heavy atom. The number of hydrogen-bond donors (Lipinski definition) is 0. The molecule has 0 N–H and O–H groups in total. The Labute approximate surface area is 126 Å². The first-order valence-electron chi connectivity index (χ1n) is 7.42. The molecular formula is C18H20NO2. The Balaban J connectivity index is 1.50. The van der Waals surface area contributed by atoms with Crippen LogP contribution in [0, 0.1) is 6.07 Å². The van der Waals surface area contributed by atoms with E-state index in [1.54, 1.807) is 0 Å². The Morgan fingerprint density at radius 2 is 1.81 bits per heavy atom. The molecule has 0 spiro atoms. The van der Waals surface area contributed by atoms with Crippen molar-refractivity contribution in [1.82, 2.24) is 4.90 Å². The third-order valence-corrected chi connectivity index (χ3v) is 3.66. The van der Waals surface area contributed by atoms with Crippen molar-refractivity contribution in [2.45, 2.75) is 0 Å². The van der Waals surface area contributed by atoms with Crippen LogP contribution in [0.15, 0.2) is 48.5 Å². The van der Waals surface area contributed by atoms with Gasteiger partial charge in [-0.1, -0.05) is 36.4 Å². The molecule has 1 heterocycles. The van der Waals surface area contributed by atoms with Crippen molar-refractivity contribution in [1.29, 1.82) is 0 Å². The summed E-state index contributed by atoms with van der Waals surface area (Å²) in [4.78, 5) is 2.36. The summed E-state index contributed by atoms with van der Waals surface area (Å²) in [5, 5.41) is 0. The molecule has 1 saturated heterocycles. The van der Waals surface area contributed by atoms with Crippen molar-refractivity contribution >= 4 is 0 Å². The minimum atomic E-state index is 0.696. The molecule has 2 aromatic rings. The fourth-order valence-corrected chi connectivity index (χ4v) is 2.42. The quantitative estimate of drug-likeness (QED) is 0.841. The molecule has 1 fully saturated rings.